The quantitative estimate of drug-likeness (QED) is 0.0997. The number of amides is 2. The van der Waals surface area contributed by atoms with Crippen LogP contribution >= 0.6 is 0 Å². The van der Waals surface area contributed by atoms with Crippen LogP contribution in [0, 0.1) is 0 Å². The Morgan fingerprint density at radius 1 is 0.655 bits per heavy atom. The van der Waals surface area contributed by atoms with E-state index in [1.807, 2.05) is 60.8 Å². The maximum Gasteiger partial charge on any atom is 0.336 e. The number of hydrogen-bond acceptors (Lipinski definition) is 8. The number of anilines is 2. The third-order valence-corrected chi connectivity index (χ3v) is 9.26. The van der Waals surface area contributed by atoms with E-state index in [1.165, 1.54) is 6.07 Å². The van der Waals surface area contributed by atoms with Crippen molar-refractivity contribution in [3.8, 4) is 33.8 Å². The van der Waals surface area contributed by atoms with Crippen molar-refractivity contribution in [3.63, 3.8) is 0 Å². The Balaban J connectivity index is 1.05. The molecule has 0 spiro atoms. The lowest BCUT2D eigenvalue weighted by Crippen LogP contribution is -2.12. The number of unbranched alkanes of at least 4 members (excludes halogenated alkanes) is 2. The van der Waals surface area contributed by atoms with Gasteiger partial charge in [-0.2, -0.15) is 4.80 Å². The van der Waals surface area contributed by atoms with Crippen LogP contribution < -0.4 is 10.6 Å². The van der Waals surface area contributed by atoms with E-state index < -0.39 is 5.97 Å². The molecule has 7 aromatic rings. The number of fused-ring (bicyclic) bond motifs is 1. The molecule has 0 unspecified atom stereocenters. The monoisotopic (exact) mass is 733 g/mol. The molecule has 2 heterocycles. The number of carbonyl (C=O) groups is 3. The van der Waals surface area contributed by atoms with Gasteiger partial charge in [-0.05, 0) is 94.6 Å². The van der Waals surface area contributed by atoms with E-state index in [-0.39, 0.29) is 17.4 Å². The second kappa shape index (κ2) is 16.3. The van der Waals surface area contributed by atoms with Crippen molar-refractivity contribution in [2.24, 2.45) is 0 Å². The maximum absolute atomic E-state index is 13.6. The van der Waals surface area contributed by atoms with E-state index in [0.29, 0.717) is 62.5 Å². The molecule has 0 radical (unpaired) electrons. The Hall–Kier alpha value is -7.02. The molecule has 276 valence electrons. The number of tetrazole rings is 1. The molecule has 2 amide bonds. The summed E-state index contributed by atoms with van der Waals surface area (Å²) in [5.41, 5.74) is 6.02. The van der Waals surface area contributed by atoms with Gasteiger partial charge in [0.15, 0.2) is 0 Å². The molecular formula is C42H39N9O4. The van der Waals surface area contributed by atoms with E-state index in [0.717, 1.165) is 43.4 Å². The Morgan fingerprint density at radius 2 is 1.27 bits per heavy atom. The molecule has 0 saturated heterocycles. The fourth-order valence-electron chi connectivity index (χ4n) is 6.28. The summed E-state index contributed by atoms with van der Waals surface area (Å²) in [4.78, 5) is 40.1. The van der Waals surface area contributed by atoms with Crippen LogP contribution in [0.4, 0.5) is 11.4 Å². The lowest BCUT2D eigenvalue weighted by atomic mass is 9.99. The van der Waals surface area contributed by atoms with Crippen LogP contribution in [0.3, 0.4) is 0 Å². The Morgan fingerprint density at radius 3 is 1.93 bits per heavy atom. The largest absolute Gasteiger partial charge is 0.478 e. The van der Waals surface area contributed by atoms with Crippen LogP contribution in [0.25, 0.3) is 44.5 Å². The summed E-state index contributed by atoms with van der Waals surface area (Å²) < 4.78 is 1.80. The molecular weight excluding hydrogens is 695 g/mol. The summed E-state index contributed by atoms with van der Waals surface area (Å²) in [6.07, 6.45) is 5.83. The zero-order valence-corrected chi connectivity index (χ0v) is 30.4. The number of aromatic carboxylic acids is 1. The minimum atomic E-state index is -1.05. The van der Waals surface area contributed by atoms with Gasteiger partial charge in [0.1, 0.15) is 5.69 Å². The molecule has 13 nitrogen and oxygen atoms in total. The molecule has 3 N–H and O–H groups in total. The van der Waals surface area contributed by atoms with Crippen molar-refractivity contribution < 1.29 is 19.5 Å². The molecule has 2 aromatic heterocycles. The van der Waals surface area contributed by atoms with Gasteiger partial charge < -0.3 is 15.7 Å². The summed E-state index contributed by atoms with van der Waals surface area (Å²) in [5, 5.41) is 38.4. The smallest absolute Gasteiger partial charge is 0.336 e. The second-order valence-corrected chi connectivity index (χ2v) is 13.1. The molecule has 0 saturated carbocycles. The number of carbonyl (C=O) groups excluding carboxylic acids is 2. The molecule has 13 heteroatoms. The highest BCUT2D eigenvalue weighted by atomic mass is 16.4. The molecule has 7 rings (SSSR count). The number of carboxylic acid groups (broad SMARTS) is 1. The molecule has 0 aliphatic heterocycles. The van der Waals surface area contributed by atoms with Crippen molar-refractivity contribution in [1.29, 1.82) is 0 Å². The van der Waals surface area contributed by atoms with Gasteiger partial charge in [0.25, 0.3) is 11.8 Å². The van der Waals surface area contributed by atoms with E-state index in [4.69, 9.17) is 0 Å². The number of hydrogen-bond donors (Lipinski definition) is 3. The fourth-order valence-corrected chi connectivity index (χ4v) is 6.28. The normalized spacial score (nSPS) is 11.1. The lowest BCUT2D eigenvalue weighted by Gasteiger charge is -2.11. The predicted molar refractivity (Wildman–Crippen MR) is 211 cm³/mol. The Labute approximate surface area is 317 Å². The highest BCUT2D eigenvalue weighted by Gasteiger charge is 2.19. The summed E-state index contributed by atoms with van der Waals surface area (Å²) in [6, 6.07) is 30.2. The van der Waals surface area contributed by atoms with Gasteiger partial charge in [-0.1, -0.05) is 80.4 Å². The topological polar surface area (TPSA) is 170 Å². The number of rotatable bonds is 14. The van der Waals surface area contributed by atoms with Crippen LogP contribution in [0.15, 0.2) is 109 Å². The molecule has 0 bridgehead atoms. The van der Waals surface area contributed by atoms with Crippen molar-refractivity contribution in [2.75, 3.05) is 10.6 Å². The van der Waals surface area contributed by atoms with E-state index in [1.54, 1.807) is 51.9 Å². The maximum atomic E-state index is 13.6. The van der Waals surface area contributed by atoms with Gasteiger partial charge in [-0.25, -0.2) is 4.79 Å². The first kappa shape index (κ1) is 36.3. The summed E-state index contributed by atoms with van der Waals surface area (Å²) >= 11 is 0. The van der Waals surface area contributed by atoms with E-state index in [9.17, 15) is 19.5 Å². The lowest BCUT2D eigenvalue weighted by molar-refractivity contribution is 0.0698. The van der Waals surface area contributed by atoms with Crippen LogP contribution in [-0.4, -0.2) is 58.1 Å². The summed E-state index contributed by atoms with van der Waals surface area (Å²) in [7, 11) is 0. The fraction of sp³-hybridized carbons (Fsp3) is 0.190. The Kier molecular flexibility index (Phi) is 10.8. The molecule has 0 aliphatic carbocycles. The van der Waals surface area contributed by atoms with Gasteiger partial charge in [0.05, 0.1) is 18.3 Å². The van der Waals surface area contributed by atoms with Gasteiger partial charge >= 0.3 is 5.97 Å². The Bertz CT molecular complexity index is 2490. The first-order valence-corrected chi connectivity index (χ1v) is 18.2. The van der Waals surface area contributed by atoms with Crippen LogP contribution in [-0.2, 0) is 13.1 Å². The van der Waals surface area contributed by atoms with E-state index in [2.05, 4.69) is 50.2 Å². The molecule has 0 atom stereocenters. The van der Waals surface area contributed by atoms with Crippen molar-refractivity contribution in [2.45, 2.75) is 52.6 Å². The minimum absolute atomic E-state index is 0.141. The highest BCUT2D eigenvalue weighted by molar-refractivity contribution is 6.16. The number of benzene rings is 5. The number of aryl methyl sites for hydroxylation is 2. The summed E-state index contributed by atoms with van der Waals surface area (Å²) in [6.45, 7) is 5.64. The van der Waals surface area contributed by atoms with Gasteiger partial charge in [0, 0.05) is 40.2 Å². The highest BCUT2D eigenvalue weighted by Crippen LogP contribution is 2.31. The molecule has 55 heavy (non-hydrogen) atoms. The van der Waals surface area contributed by atoms with Crippen molar-refractivity contribution >= 4 is 39.9 Å². The van der Waals surface area contributed by atoms with E-state index >= 15 is 0 Å². The van der Waals surface area contributed by atoms with Gasteiger partial charge in [-0.15, -0.1) is 15.3 Å². The number of nitrogens with one attached hydrogen (secondary N) is 2. The predicted octanol–water partition coefficient (Wildman–Crippen LogP) is 8.22. The third-order valence-electron chi connectivity index (χ3n) is 9.26. The van der Waals surface area contributed by atoms with Crippen LogP contribution in [0.1, 0.15) is 70.6 Å². The average Bonchev–Trinajstić information content (AvgIpc) is 3.89. The van der Waals surface area contributed by atoms with Crippen LogP contribution in [0.5, 0.6) is 0 Å². The number of aromatic nitrogens is 7. The molecule has 0 aliphatic rings. The SMILES string of the molecule is CCCCn1cc(-c2cc(C(=O)Nc3ccc(-c4ccc(NC(=O)c5cccc6c(C(=O)O)cccc56)cc4)cc3)ccc2-c2nnn(CCCC)n2)nn1. The second-order valence-electron chi connectivity index (χ2n) is 13.1. The minimum Gasteiger partial charge on any atom is -0.478 e. The standard InChI is InChI=1S/C42H39N9O4/c1-3-5-23-50-26-38(45-48-50)37-25-29(17-22-34(37)39-46-49-51(47-39)24-6-4-2)40(52)43-30-18-13-27(14-19-30)28-15-20-31(21-16-28)44-41(53)35-11-7-10-33-32(35)9-8-12-36(33)42(54)55/h7-22,25-26H,3-6,23-24H2,1-2H3,(H,43,52)(H,44,53)(H,54,55). The van der Waals surface area contributed by atoms with Crippen LogP contribution in [0.2, 0.25) is 0 Å². The first-order chi connectivity index (χ1) is 26.8. The molecule has 5 aromatic carbocycles. The first-order valence-electron chi connectivity index (χ1n) is 18.2. The third kappa shape index (κ3) is 8.15. The van der Waals surface area contributed by atoms with Gasteiger partial charge in [-0.3, -0.25) is 14.3 Å². The average molecular weight is 734 g/mol. The zero-order valence-electron chi connectivity index (χ0n) is 30.4. The number of nitrogens with zero attached hydrogens (tertiary/aromatic N) is 7. The molecule has 0 fully saturated rings. The van der Waals surface area contributed by atoms with Crippen molar-refractivity contribution in [1.82, 2.24) is 35.2 Å². The van der Waals surface area contributed by atoms with Crippen molar-refractivity contribution in [3.05, 3.63) is 126 Å². The summed E-state index contributed by atoms with van der Waals surface area (Å²) in [5.74, 6) is -1.22. The van der Waals surface area contributed by atoms with Gasteiger partial charge in [0.2, 0.25) is 5.82 Å². The zero-order chi connectivity index (χ0) is 38.3. The number of carboxylic acids is 1.